The summed E-state index contributed by atoms with van der Waals surface area (Å²) in [6.07, 6.45) is 3.14. The van der Waals surface area contributed by atoms with Gasteiger partial charge in [-0.05, 0) is 24.5 Å². The Morgan fingerprint density at radius 1 is 1.50 bits per heavy atom. The van der Waals surface area contributed by atoms with E-state index in [1.54, 1.807) is 0 Å². The van der Waals surface area contributed by atoms with Crippen LogP contribution < -0.4 is 5.73 Å². The van der Waals surface area contributed by atoms with Crippen LogP contribution in [0.1, 0.15) is 30.9 Å². The molecule has 0 heterocycles. The molecule has 0 saturated heterocycles. The Labute approximate surface area is 105 Å². The molecule has 1 aliphatic carbocycles. The Kier molecular flexibility index (Phi) is 4.42. The first-order valence-corrected chi connectivity index (χ1v) is 5.39. The van der Waals surface area contributed by atoms with Crippen LogP contribution in [0.15, 0.2) is 12.1 Å². The van der Waals surface area contributed by atoms with E-state index in [-0.39, 0.29) is 29.2 Å². The van der Waals surface area contributed by atoms with Crippen LogP contribution in [0.3, 0.4) is 0 Å². The molecule has 2 nitrogen and oxygen atoms in total. The zero-order valence-electron chi connectivity index (χ0n) is 8.62. The Bertz CT molecular complexity index is 382. The van der Waals surface area contributed by atoms with Crippen LogP contribution >= 0.6 is 24.0 Å². The van der Waals surface area contributed by atoms with Crippen molar-refractivity contribution in [3.8, 4) is 5.75 Å². The lowest BCUT2D eigenvalue weighted by atomic mass is 10.0. The fraction of sp³-hybridized carbons (Fsp3) is 0.455. The van der Waals surface area contributed by atoms with Gasteiger partial charge in [0.05, 0.1) is 5.02 Å². The molecule has 0 bridgehead atoms. The van der Waals surface area contributed by atoms with Gasteiger partial charge in [0.2, 0.25) is 0 Å². The van der Waals surface area contributed by atoms with Gasteiger partial charge in [0.25, 0.3) is 0 Å². The molecule has 0 radical (unpaired) electrons. The number of nitrogens with two attached hydrogens (primary N) is 1. The zero-order chi connectivity index (χ0) is 11.0. The van der Waals surface area contributed by atoms with Crippen molar-refractivity contribution in [3.05, 3.63) is 28.5 Å². The van der Waals surface area contributed by atoms with Crippen molar-refractivity contribution in [1.82, 2.24) is 0 Å². The molecular weight excluding hydrogens is 252 g/mol. The van der Waals surface area contributed by atoms with Crippen LogP contribution in [-0.4, -0.2) is 5.11 Å². The van der Waals surface area contributed by atoms with Gasteiger partial charge >= 0.3 is 0 Å². The van der Waals surface area contributed by atoms with E-state index in [9.17, 15) is 9.50 Å². The number of phenols is 1. The molecule has 16 heavy (non-hydrogen) atoms. The summed E-state index contributed by atoms with van der Waals surface area (Å²) in [5.74, 6) is 0.0757. The lowest BCUT2D eigenvalue weighted by Gasteiger charge is -2.14. The number of halogens is 3. The third-order valence-electron chi connectivity index (χ3n) is 2.74. The zero-order valence-corrected chi connectivity index (χ0v) is 10.2. The first kappa shape index (κ1) is 13.6. The van der Waals surface area contributed by atoms with Gasteiger partial charge in [-0.15, -0.1) is 12.4 Å². The molecule has 0 aromatic heterocycles. The average Bonchev–Trinajstić information content (AvgIpc) is 2.94. The van der Waals surface area contributed by atoms with Crippen molar-refractivity contribution in [2.75, 3.05) is 0 Å². The first-order chi connectivity index (χ1) is 7.08. The van der Waals surface area contributed by atoms with E-state index in [0.29, 0.717) is 11.5 Å². The second-order valence-electron chi connectivity index (χ2n) is 4.11. The summed E-state index contributed by atoms with van der Waals surface area (Å²) in [5.41, 5.74) is 6.30. The fourth-order valence-corrected chi connectivity index (χ4v) is 1.92. The Morgan fingerprint density at radius 2 is 2.12 bits per heavy atom. The molecule has 1 saturated carbocycles. The quantitative estimate of drug-likeness (QED) is 0.880. The normalized spacial score (nSPS) is 16.7. The molecule has 3 N–H and O–H groups in total. The van der Waals surface area contributed by atoms with Crippen molar-refractivity contribution in [2.45, 2.75) is 25.3 Å². The maximum Gasteiger partial charge on any atom is 0.139 e. The largest absolute Gasteiger partial charge is 0.506 e. The average molecular weight is 266 g/mol. The third kappa shape index (κ3) is 3.00. The van der Waals surface area contributed by atoms with E-state index in [0.717, 1.165) is 12.5 Å². The molecule has 1 aromatic carbocycles. The van der Waals surface area contributed by atoms with Gasteiger partial charge in [0.15, 0.2) is 0 Å². The molecule has 1 aromatic rings. The third-order valence-corrected chi connectivity index (χ3v) is 3.03. The predicted octanol–water partition coefficient (Wildman–Crippen LogP) is 3.41. The van der Waals surface area contributed by atoms with Gasteiger partial charge in [-0.3, -0.25) is 0 Å². The number of benzene rings is 1. The van der Waals surface area contributed by atoms with E-state index in [1.807, 2.05) is 0 Å². The summed E-state index contributed by atoms with van der Waals surface area (Å²) in [6, 6.07) is 2.02. The number of hydrogen-bond donors (Lipinski definition) is 2. The molecular formula is C11H14Cl2FNO. The van der Waals surface area contributed by atoms with Gasteiger partial charge in [0.1, 0.15) is 11.6 Å². The highest BCUT2D eigenvalue weighted by atomic mass is 35.5. The van der Waals surface area contributed by atoms with Crippen LogP contribution in [0.25, 0.3) is 0 Å². The Morgan fingerprint density at radius 3 is 2.69 bits per heavy atom. The van der Waals surface area contributed by atoms with E-state index in [4.69, 9.17) is 17.3 Å². The van der Waals surface area contributed by atoms with Gasteiger partial charge in [0, 0.05) is 11.6 Å². The minimum Gasteiger partial charge on any atom is -0.506 e. The van der Waals surface area contributed by atoms with Crippen molar-refractivity contribution in [2.24, 2.45) is 11.7 Å². The summed E-state index contributed by atoms with van der Waals surface area (Å²) in [6.45, 7) is 0. The summed E-state index contributed by atoms with van der Waals surface area (Å²) in [7, 11) is 0. The molecule has 90 valence electrons. The minimum absolute atomic E-state index is 0. The molecule has 1 aliphatic rings. The SMILES string of the molecule is Cl.N[C@@H](CC1CC1)c1cc(F)cc(Cl)c1O. The summed E-state index contributed by atoms with van der Waals surface area (Å²) >= 11 is 5.67. The van der Waals surface area contributed by atoms with E-state index in [2.05, 4.69) is 0 Å². The highest BCUT2D eigenvalue weighted by Gasteiger charge is 2.26. The van der Waals surface area contributed by atoms with Crippen LogP contribution in [0.5, 0.6) is 5.75 Å². The number of phenolic OH excluding ortho intramolecular Hbond substituents is 1. The second-order valence-corrected chi connectivity index (χ2v) is 4.52. The first-order valence-electron chi connectivity index (χ1n) is 5.01. The lowest BCUT2D eigenvalue weighted by Crippen LogP contribution is -2.11. The van der Waals surface area contributed by atoms with Crippen LogP contribution in [-0.2, 0) is 0 Å². The molecule has 1 atom stereocenters. The smallest absolute Gasteiger partial charge is 0.139 e. The maximum absolute atomic E-state index is 13.1. The van der Waals surface area contributed by atoms with Crippen molar-refractivity contribution < 1.29 is 9.50 Å². The molecule has 0 unspecified atom stereocenters. The fourth-order valence-electron chi connectivity index (χ4n) is 1.71. The molecule has 1 fully saturated rings. The van der Waals surface area contributed by atoms with Gasteiger partial charge in [-0.25, -0.2) is 4.39 Å². The minimum atomic E-state index is -0.459. The summed E-state index contributed by atoms with van der Waals surface area (Å²) < 4.78 is 13.1. The van der Waals surface area contributed by atoms with E-state index >= 15 is 0 Å². The summed E-state index contributed by atoms with van der Waals surface area (Å²) in [5, 5.41) is 9.67. The highest BCUT2D eigenvalue weighted by molar-refractivity contribution is 6.32. The Hall–Kier alpha value is -0.510. The lowest BCUT2D eigenvalue weighted by molar-refractivity contribution is 0.452. The molecule has 0 aliphatic heterocycles. The van der Waals surface area contributed by atoms with Crippen LogP contribution in [0, 0.1) is 11.7 Å². The van der Waals surface area contributed by atoms with Gasteiger partial charge in [-0.1, -0.05) is 24.4 Å². The molecule has 0 amide bonds. The van der Waals surface area contributed by atoms with Crippen molar-refractivity contribution in [1.29, 1.82) is 0 Å². The van der Waals surface area contributed by atoms with Gasteiger partial charge in [-0.2, -0.15) is 0 Å². The predicted molar refractivity (Wildman–Crippen MR) is 64.6 cm³/mol. The Balaban J connectivity index is 0.00000128. The highest BCUT2D eigenvalue weighted by Crippen LogP contribution is 2.40. The van der Waals surface area contributed by atoms with Gasteiger partial charge < -0.3 is 10.8 Å². The van der Waals surface area contributed by atoms with Crippen molar-refractivity contribution in [3.63, 3.8) is 0 Å². The van der Waals surface area contributed by atoms with Crippen LogP contribution in [0.4, 0.5) is 4.39 Å². The topological polar surface area (TPSA) is 46.2 Å². The second kappa shape index (κ2) is 5.21. The molecule has 0 spiro atoms. The summed E-state index contributed by atoms with van der Waals surface area (Å²) in [4.78, 5) is 0. The van der Waals surface area contributed by atoms with Crippen LogP contribution in [0.2, 0.25) is 5.02 Å². The molecule has 2 rings (SSSR count). The van der Waals surface area contributed by atoms with Crippen molar-refractivity contribution >= 4 is 24.0 Å². The number of rotatable bonds is 3. The monoisotopic (exact) mass is 265 g/mol. The van der Waals surface area contributed by atoms with E-state index in [1.165, 1.54) is 18.9 Å². The number of hydrogen-bond acceptors (Lipinski definition) is 2. The standard InChI is InChI=1S/C11H13ClFNO.ClH/c12-9-5-7(13)4-8(11(9)15)10(14)3-6-1-2-6;/h4-6,10,15H,1-3,14H2;1H/t10-;/m0./s1. The maximum atomic E-state index is 13.1. The molecule has 5 heteroatoms. The van der Waals surface area contributed by atoms with E-state index < -0.39 is 5.82 Å². The number of aromatic hydroxyl groups is 1.